The molecule has 0 fully saturated rings. The molecular formula is C14H13Cl2N2+. The Labute approximate surface area is 116 Å². The van der Waals surface area contributed by atoms with E-state index in [1.807, 2.05) is 12.1 Å². The highest BCUT2D eigenvalue weighted by Crippen LogP contribution is 2.24. The Hall–Kier alpha value is -1.25. The van der Waals surface area contributed by atoms with Gasteiger partial charge in [0.1, 0.15) is 19.6 Å². The Kier molecular flexibility index (Phi) is 3.14. The summed E-state index contributed by atoms with van der Waals surface area (Å²) >= 11 is 12.1. The van der Waals surface area contributed by atoms with Gasteiger partial charge in [-0.25, -0.2) is 4.57 Å². The van der Waals surface area contributed by atoms with E-state index in [2.05, 4.69) is 33.9 Å². The second-order valence-corrected chi connectivity index (χ2v) is 5.25. The molecular weight excluding hydrogens is 267 g/mol. The third-order valence-corrected chi connectivity index (χ3v) is 3.81. The highest BCUT2D eigenvalue weighted by molar-refractivity contribution is 6.35. The van der Waals surface area contributed by atoms with E-state index in [1.54, 1.807) is 6.07 Å². The average Bonchev–Trinajstić information content (AvgIpc) is 2.76. The zero-order valence-electron chi connectivity index (χ0n) is 9.81. The first-order valence-electron chi connectivity index (χ1n) is 5.91. The van der Waals surface area contributed by atoms with E-state index >= 15 is 0 Å². The summed E-state index contributed by atoms with van der Waals surface area (Å²) in [6.45, 7) is 2.87. The van der Waals surface area contributed by atoms with Crippen molar-refractivity contribution in [3.8, 4) is 0 Å². The number of pyridine rings is 1. The Morgan fingerprint density at radius 3 is 2.89 bits per heavy atom. The number of halogens is 2. The minimum absolute atomic E-state index is 0.681. The van der Waals surface area contributed by atoms with E-state index in [4.69, 9.17) is 23.2 Å². The Balaban J connectivity index is 1.86. The van der Waals surface area contributed by atoms with Crippen LogP contribution in [0.5, 0.6) is 0 Å². The number of nitrogens with zero attached hydrogens (tertiary/aromatic N) is 2. The highest BCUT2D eigenvalue weighted by atomic mass is 35.5. The molecule has 0 atom stereocenters. The van der Waals surface area contributed by atoms with Crippen molar-refractivity contribution in [2.75, 3.05) is 11.4 Å². The van der Waals surface area contributed by atoms with Crippen LogP contribution in [0.4, 0.5) is 5.82 Å². The Morgan fingerprint density at radius 2 is 2.06 bits per heavy atom. The number of hydrogen-bond acceptors (Lipinski definition) is 1. The number of fused-ring (bicyclic) bond motifs is 1. The Bertz CT molecular complexity index is 584. The van der Waals surface area contributed by atoms with Crippen molar-refractivity contribution in [1.29, 1.82) is 0 Å². The number of aromatic nitrogens is 1. The molecule has 0 bridgehead atoms. The van der Waals surface area contributed by atoms with E-state index in [9.17, 15) is 0 Å². The maximum absolute atomic E-state index is 6.22. The maximum Gasteiger partial charge on any atom is 0.277 e. The van der Waals surface area contributed by atoms with Gasteiger partial charge in [-0.05, 0) is 18.2 Å². The first kappa shape index (κ1) is 11.8. The molecule has 1 aromatic heterocycles. The summed E-state index contributed by atoms with van der Waals surface area (Å²) in [7, 11) is 0. The molecule has 18 heavy (non-hydrogen) atoms. The fourth-order valence-electron chi connectivity index (χ4n) is 2.30. The lowest BCUT2D eigenvalue weighted by Crippen LogP contribution is -2.30. The van der Waals surface area contributed by atoms with Crippen LogP contribution >= 0.6 is 23.2 Å². The molecule has 0 amide bonds. The third-order valence-electron chi connectivity index (χ3n) is 3.23. The van der Waals surface area contributed by atoms with Crippen molar-refractivity contribution >= 4 is 29.0 Å². The molecule has 4 heteroatoms. The topological polar surface area (TPSA) is 7.12 Å². The molecule has 3 rings (SSSR count). The molecule has 0 saturated carbocycles. The summed E-state index contributed by atoms with van der Waals surface area (Å²) in [5.41, 5.74) is 1.11. The molecule has 0 unspecified atom stereocenters. The van der Waals surface area contributed by atoms with Crippen LogP contribution in [0, 0.1) is 0 Å². The lowest BCUT2D eigenvalue weighted by Gasteiger charge is -2.11. The minimum atomic E-state index is 0.681. The molecule has 0 N–H and O–H groups in total. The number of benzene rings is 1. The van der Waals surface area contributed by atoms with E-state index in [-0.39, 0.29) is 0 Å². The zero-order valence-corrected chi connectivity index (χ0v) is 11.3. The second kappa shape index (κ2) is 4.79. The average molecular weight is 280 g/mol. The molecule has 92 valence electrons. The molecule has 2 nitrogen and oxygen atoms in total. The smallest absolute Gasteiger partial charge is 0.253 e. The van der Waals surface area contributed by atoms with Gasteiger partial charge < -0.3 is 0 Å². The van der Waals surface area contributed by atoms with Crippen molar-refractivity contribution in [2.45, 2.75) is 13.1 Å². The molecule has 1 aliphatic heterocycles. The van der Waals surface area contributed by atoms with Crippen LogP contribution in [0.2, 0.25) is 10.0 Å². The Morgan fingerprint density at radius 1 is 1.17 bits per heavy atom. The van der Waals surface area contributed by atoms with Gasteiger partial charge in [-0.15, -0.1) is 0 Å². The standard InChI is InChI=1S/C14H13Cl2N2/c15-12-5-4-11(13(16)9-12)10-18-8-7-17-6-2-1-3-14(17)18/h1-6,9H,7-8,10H2/q+1. The molecule has 0 radical (unpaired) electrons. The van der Waals surface area contributed by atoms with Crippen LogP contribution in [-0.2, 0) is 13.1 Å². The lowest BCUT2D eigenvalue weighted by molar-refractivity contribution is -0.671. The van der Waals surface area contributed by atoms with Gasteiger partial charge in [-0.2, -0.15) is 0 Å². The van der Waals surface area contributed by atoms with Gasteiger partial charge >= 0.3 is 0 Å². The number of rotatable bonds is 2. The van der Waals surface area contributed by atoms with Gasteiger partial charge in [0, 0.05) is 21.7 Å². The maximum atomic E-state index is 6.22. The van der Waals surface area contributed by atoms with Crippen molar-refractivity contribution in [3.63, 3.8) is 0 Å². The predicted molar refractivity (Wildman–Crippen MR) is 74.1 cm³/mol. The van der Waals surface area contributed by atoms with Gasteiger partial charge in [0.2, 0.25) is 0 Å². The summed E-state index contributed by atoms with van der Waals surface area (Å²) < 4.78 is 2.25. The summed E-state index contributed by atoms with van der Waals surface area (Å²) in [6, 6.07) is 11.9. The summed E-state index contributed by atoms with van der Waals surface area (Å²) in [5.74, 6) is 1.24. The van der Waals surface area contributed by atoms with Crippen molar-refractivity contribution in [1.82, 2.24) is 0 Å². The van der Waals surface area contributed by atoms with Crippen LogP contribution in [-0.4, -0.2) is 6.54 Å². The van der Waals surface area contributed by atoms with Gasteiger partial charge in [-0.1, -0.05) is 35.3 Å². The molecule has 2 heterocycles. The summed E-state index contributed by atoms with van der Waals surface area (Å²) in [4.78, 5) is 2.33. The minimum Gasteiger partial charge on any atom is -0.253 e. The van der Waals surface area contributed by atoms with Gasteiger partial charge in [0.25, 0.3) is 5.82 Å². The van der Waals surface area contributed by atoms with Crippen LogP contribution in [0.3, 0.4) is 0 Å². The van der Waals surface area contributed by atoms with Gasteiger partial charge in [0.05, 0.1) is 6.20 Å². The zero-order chi connectivity index (χ0) is 12.5. The SMILES string of the molecule is Clc1ccc(CN2CC[n+]3ccccc32)c(Cl)c1. The first-order chi connectivity index (χ1) is 8.74. The molecule has 2 aromatic rings. The summed E-state index contributed by atoms with van der Waals surface area (Å²) in [5, 5.41) is 1.41. The predicted octanol–water partition coefficient (Wildman–Crippen LogP) is 3.30. The van der Waals surface area contributed by atoms with Crippen LogP contribution in [0.15, 0.2) is 42.6 Å². The number of hydrogen-bond donors (Lipinski definition) is 0. The van der Waals surface area contributed by atoms with Crippen molar-refractivity contribution in [3.05, 3.63) is 58.2 Å². The summed E-state index contributed by atoms with van der Waals surface area (Å²) in [6.07, 6.45) is 2.11. The van der Waals surface area contributed by atoms with E-state index in [1.165, 1.54) is 5.82 Å². The molecule has 0 saturated heterocycles. The molecule has 0 aliphatic carbocycles. The quantitative estimate of drug-likeness (QED) is 0.766. The second-order valence-electron chi connectivity index (χ2n) is 4.41. The number of anilines is 1. The van der Waals surface area contributed by atoms with E-state index in [0.717, 1.165) is 30.2 Å². The van der Waals surface area contributed by atoms with Gasteiger partial charge in [-0.3, -0.25) is 4.90 Å². The molecule has 1 aliphatic rings. The molecule has 1 aromatic carbocycles. The normalized spacial score (nSPS) is 13.8. The largest absolute Gasteiger partial charge is 0.277 e. The monoisotopic (exact) mass is 279 g/mol. The fourth-order valence-corrected chi connectivity index (χ4v) is 2.77. The van der Waals surface area contributed by atoms with E-state index < -0.39 is 0 Å². The van der Waals surface area contributed by atoms with E-state index in [0.29, 0.717) is 5.02 Å². The lowest BCUT2D eigenvalue weighted by atomic mass is 10.2. The van der Waals surface area contributed by atoms with Crippen molar-refractivity contribution < 1.29 is 4.57 Å². The van der Waals surface area contributed by atoms with Crippen LogP contribution in [0.1, 0.15) is 5.56 Å². The molecule has 0 spiro atoms. The van der Waals surface area contributed by atoms with Crippen LogP contribution < -0.4 is 9.47 Å². The third kappa shape index (κ3) is 2.18. The fraction of sp³-hybridized carbons (Fsp3) is 0.214. The van der Waals surface area contributed by atoms with Crippen LogP contribution in [0.25, 0.3) is 0 Å². The first-order valence-corrected chi connectivity index (χ1v) is 6.67. The van der Waals surface area contributed by atoms with Gasteiger partial charge in [0.15, 0.2) is 0 Å². The van der Waals surface area contributed by atoms with Crippen molar-refractivity contribution in [2.24, 2.45) is 0 Å². The highest BCUT2D eigenvalue weighted by Gasteiger charge is 2.26.